The van der Waals surface area contributed by atoms with E-state index in [0.29, 0.717) is 11.4 Å². The third-order valence-corrected chi connectivity index (χ3v) is 3.26. The molecule has 0 radical (unpaired) electrons. The lowest BCUT2D eigenvalue weighted by Crippen LogP contribution is -2.13. The molecule has 0 amide bonds. The maximum absolute atomic E-state index is 13.2. The highest BCUT2D eigenvalue weighted by atomic mass is 19.1. The molecular weight excluding hydrogens is 267 g/mol. The van der Waals surface area contributed by atoms with Gasteiger partial charge in [-0.2, -0.15) is 0 Å². The normalized spacial score (nSPS) is 11.5. The van der Waals surface area contributed by atoms with Gasteiger partial charge in [0.25, 0.3) is 0 Å². The van der Waals surface area contributed by atoms with Crippen molar-refractivity contribution in [1.82, 2.24) is 4.98 Å². The monoisotopic (exact) mass is 288 g/mol. The van der Waals surface area contributed by atoms with Crippen molar-refractivity contribution in [2.75, 3.05) is 0 Å². The Kier molecular flexibility index (Phi) is 4.28. The quantitative estimate of drug-likeness (QED) is 0.925. The molecule has 0 aliphatic heterocycles. The largest absolute Gasteiger partial charge is 0.438 e. The van der Waals surface area contributed by atoms with Crippen LogP contribution in [0.4, 0.5) is 4.39 Å². The van der Waals surface area contributed by atoms with Crippen molar-refractivity contribution in [2.45, 2.75) is 39.7 Å². The van der Waals surface area contributed by atoms with E-state index in [9.17, 15) is 4.39 Å². The average molecular weight is 288 g/mol. The number of nitrogens with zero attached hydrogens (tertiary/aromatic N) is 1. The van der Waals surface area contributed by atoms with Gasteiger partial charge in [-0.25, -0.2) is 9.37 Å². The van der Waals surface area contributed by atoms with E-state index in [-0.39, 0.29) is 12.0 Å². The van der Waals surface area contributed by atoms with Crippen LogP contribution in [0, 0.1) is 12.7 Å². The predicted octanol–water partition coefficient (Wildman–Crippen LogP) is 4.08. The first-order valence-corrected chi connectivity index (χ1v) is 6.94. The second-order valence-electron chi connectivity index (χ2n) is 6.17. The van der Waals surface area contributed by atoms with Gasteiger partial charge in [-0.05, 0) is 24.5 Å². The Balaban J connectivity index is 2.45. The van der Waals surface area contributed by atoms with E-state index in [1.807, 2.05) is 19.1 Å². The molecule has 21 heavy (non-hydrogen) atoms. The minimum absolute atomic E-state index is 0.0652. The Hall–Kier alpha value is -1.94. The molecule has 0 fully saturated rings. The van der Waals surface area contributed by atoms with E-state index in [1.54, 1.807) is 0 Å². The molecule has 2 rings (SSSR count). The Labute approximate surface area is 125 Å². The second-order valence-corrected chi connectivity index (χ2v) is 6.17. The first-order valence-electron chi connectivity index (χ1n) is 6.94. The van der Waals surface area contributed by atoms with Gasteiger partial charge < -0.3 is 10.5 Å². The number of nitrogens with two attached hydrogens (primary N) is 1. The fraction of sp³-hybridized carbons (Fsp3) is 0.353. The lowest BCUT2D eigenvalue weighted by atomic mass is 9.85. The smallest absolute Gasteiger partial charge is 0.223 e. The highest BCUT2D eigenvalue weighted by Gasteiger charge is 2.20. The number of pyridine rings is 1. The maximum atomic E-state index is 13.2. The fourth-order valence-corrected chi connectivity index (χ4v) is 2.13. The van der Waals surface area contributed by atoms with Crippen LogP contribution in [0.5, 0.6) is 11.6 Å². The van der Waals surface area contributed by atoms with Crippen molar-refractivity contribution in [2.24, 2.45) is 5.73 Å². The highest BCUT2D eigenvalue weighted by Crippen LogP contribution is 2.35. The molecule has 0 spiro atoms. The third kappa shape index (κ3) is 3.58. The SMILES string of the molecule is Cc1ccc(Oc2ncc(F)cc2CN)c(C(C)(C)C)c1. The summed E-state index contributed by atoms with van der Waals surface area (Å²) in [7, 11) is 0. The van der Waals surface area contributed by atoms with Crippen molar-refractivity contribution in [3.05, 3.63) is 53.0 Å². The van der Waals surface area contributed by atoms with Crippen LogP contribution in [0.1, 0.15) is 37.5 Å². The summed E-state index contributed by atoms with van der Waals surface area (Å²) >= 11 is 0. The molecule has 2 aromatic rings. The van der Waals surface area contributed by atoms with Gasteiger partial charge in [-0.1, -0.05) is 38.5 Å². The highest BCUT2D eigenvalue weighted by molar-refractivity contribution is 5.44. The first kappa shape index (κ1) is 15.4. The molecule has 0 saturated heterocycles. The predicted molar refractivity (Wildman–Crippen MR) is 82.0 cm³/mol. The van der Waals surface area contributed by atoms with Crippen LogP contribution >= 0.6 is 0 Å². The third-order valence-electron chi connectivity index (χ3n) is 3.26. The minimum Gasteiger partial charge on any atom is -0.438 e. The van der Waals surface area contributed by atoms with Crippen molar-refractivity contribution in [3.63, 3.8) is 0 Å². The summed E-state index contributed by atoms with van der Waals surface area (Å²) in [5, 5.41) is 0. The molecule has 0 saturated carbocycles. The van der Waals surface area contributed by atoms with Gasteiger partial charge in [0.05, 0.1) is 6.20 Å². The number of halogens is 1. The van der Waals surface area contributed by atoms with Crippen LogP contribution in [0.2, 0.25) is 0 Å². The number of hydrogen-bond acceptors (Lipinski definition) is 3. The van der Waals surface area contributed by atoms with Crippen molar-refractivity contribution < 1.29 is 9.13 Å². The first-order chi connectivity index (χ1) is 9.81. The molecule has 0 bridgehead atoms. The van der Waals surface area contributed by atoms with Crippen molar-refractivity contribution >= 4 is 0 Å². The number of hydrogen-bond donors (Lipinski definition) is 1. The molecular formula is C17H21FN2O. The van der Waals surface area contributed by atoms with Gasteiger partial charge in [0, 0.05) is 17.7 Å². The Morgan fingerprint density at radius 1 is 1.24 bits per heavy atom. The van der Waals surface area contributed by atoms with Crippen LogP contribution in [0.25, 0.3) is 0 Å². The van der Waals surface area contributed by atoms with E-state index in [1.165, 1.54) is 11.6 Å². The minimum atomic E-state index is -0.414. The van der Waals surface area contributed by atoms with Gasteiger partial charge in [-0.3, -0.25) is 0 Å². The summed E-state index contributed by atoms with van der Waals surface area (Å²) in [4.78, 5) is 4.01. The molecule has 0 unspecified atom stereocenters. The lowest BCUT2D eigenvalue weighted by molar-refractivity contribution is 0.431. The summed E-state index contributed by atoms with van der Waals surface area (Å²) in [5.41, 5.74) is 8.37. The van der Waals surface area contributed by atoms with Crippen molar-refractivity contribution in [1.29, 1.82) is 0 Å². The fourth-order valence-electron chi connectivity index (χ4n) is 2.13. The number of rotatable bonds is 3. The zero-order valence-electron chi connectivity index (χ0n) is 12.9. The average Bonchev–Trinajstić information content (AvgIpc) is 2.41. The summed E-state index contributed by atoms with van der Waals surface area (Å²) in [6, 6.07) is 7.35. The lowest BCUT2D eigenvalue weighted by Gasteiger charge is -2.23. The molecule has 4 heteroatoms. The molecule has 0 atom stereocenters. The summed E-state index contributed by atoms with van der Waals surface area (Å²) in [6.07, 6.45) is 1.14. The van der Waals surface area contributed by atoms with Gasteiger partial charge in [-0.15, -0.1) is 0 Å². The number of benzene rings is 1. The van der Waals surface area contributed by atoms with Crippen LogP contribution in [0.3, 0.4) is 0 Å². The Morgan fingerprint density at radius 2 is 1.95 bits per heavy atom. The van der Waals surface area contributed by atoms with Gasteiger partial charge >= 0.3 is 0 Å². The summed E-state index contributed by atoms with van der Waals surface area (Å²) in [5.74, 6) is 0.665. The van der Waals surface area contributed by atoms with E-state index in [4.69, 9.17) is 10.5 Å². The van der Waals surface area contributed by atoms with E-state index < -0.39 is 5.82 Å². The van der Waals surface area contributed by atoms with E-state index >= 15 is 0 Å². The van der Waals surface area contributed by atoms with Crippen LogP contribution in [-0.2, 0) is 12.0 Å². The molecule has 2 N–H and O–H groups in total. The zero-order valence-corrected chi connectivity index (χ0v) is 12.9. The van der Waals surface area contributed by atoms with Gasteiger partial charge in [0.1, 0.15) is 11.6 Å². The Bertz CT molecular complexity index is 648. The van der Waals surface area contributed by atoms with E-state index in [0.717, 1.165) is 17.5 Å². The molecule has 1 heterocycles. The topological polar surface area (TPSA) is 48.1 Å². The second kappa shape index (κ2) is 5.82. The number of aryl methyl sites for hydroxylation is 1. The summed E-state index contributed by atoms with van der Waals surface area (Å²) < 4.78 is 19.1. The van der Waals surface area contributed by atoms with Crippen LogP contribution in [-0.4, -0.2) is 4.98 Å². The van der Waals surface area contributed by atoms with E-state index in [2.05, 4.69) is 31.8 Å². The standard InChI is InChI=1S/C17H21FN2O/c1-11-5-6-15(14(7-11)17(2,3)4)21-16-12(9-19)8-13(18)10-20-16/h5-8,10H,9,19H2,1-4H3. The number of aromatic nitrogens is 1. The molecule has 1 aromatic carbocycles. The van der Waals surface area contributed by atoms with Gasteiger partial charge in [0.2, 0.25) is 5.88 Å². The Morgan fingerprint density at radius 3 is 2.57 bits per heavy atom. The molecule has 0 aliphatic carbocycles. The van der Waals surface area contributed by atoms with Crippen LogP contribution in [0.15, 0.2) is 30.5 Å². The van der Waals surface area contributed by atoms with Gasteiger partial charge in [0.15, 0.2) is 0 Å². The molecule has 0 aliphatic rings. The molecule has 1 aromatic heterocycles. The zero-order chi connectivity index (χ0) is 15.6. The van der Waals surface area contributed by atoms with Crippen LogP contribution < -0.4 is 10.5 Å². The molecule has 112 valence electrons. The molecule has 3 nitrogen and oxygen atoms in total. The summed E-state index contributed by atoms with van der Waals surface area (Å²) in [6.45, 7) is 8.58. The maximum Gasteiger partial charge on any atom is 0.223 e. The van der Waals surface area contributed by atoms with Crippen molar-refractivity contribution in [3.8, 4) is 11.6 Å². The number of ether oxygens (including phenoxy) is 1.